The van der Waals surface area contributed by atoms with E-state index < -0.39 is 6.17 Å². The van der Waals surface area contributed by atoms with Crippen molar-refractivity contribution in [3.05, 3.63) is 0 Å². The molecule has 4 rings (SSSR count). The number of fused-ring (bicyclic) bond motifs is 1. The zero-order chi connectivity index (χ0) is 18.3. The second-order valence-electron chi connectivity index (χ2n) is 8.84. The molecule has 4 aliphatic rings. The van der Waals surface area contributed by atoms with E-state index in [0.717, 1.165) is 32.1 Å². The summed E-state index contributed by atoms with van der Waals surface area (Å²) in [6.07, 6.45) is 5.62. The molecule has 4 fully saturated rings. The SMILES string of the molecule is CC1NNC([C@@H]2CCC[C@H](NC(=O)C3CC4C(F)CCC(C)C4N3)C2)O1. The van der Waals surface area contributed by atoms with Crippen molar-refractivity contribution < 1.29 is 13.9 Å². The molecule has 6 nitrogen and oxygen atoms in total. The van der Waals surface area contributed by atoms with Crippen LogP contribution >= 0.6 is 0 Å². The quantitative estimate of drug-likeness (QED) is 0.609. The zero-order valence-corrected chi connectivity index (χ0v) is 15.8. The van der Waals surface area contributed by atoms with Gasteiger partial charge in [-0.2, -0.15) is 0 Å². The molecule has 2 saturated carbocycles. The Labute approximate surface area is 155 Å². The largest absolute Gasteiger partial charge is 0.352 e. The maximum atomic E-state index is 14.3. The molecule has 26 heavy (non-hydrogen) atoms. The number of hydrogen-bond acceptors (Lipinski definition) is 5. The van der Waals surface area contributed by atoms with Crippen molar-refractivity contribution in [2.24, 2.45) is 17.8 Å². The third kappa shape index (κ3) is 3.77. The molecule has 0 aromatic heterocycles. The van der Waals surface area contributed by atoms with Crippen LogP contribution < -0.4 is 21.5 Å². The molecule has 2 aliphatic carbocycles. The first kappa shape index (κ1) is 18.6. The summed E-state index contributed by atoms with van der Waals surface area (Å²) in [5.41, 5.74) is 6.31. The fourth-order valence-electron chi connectivity index (χ4n) is 5.45. The van der Waals surface area contributed by atoms with E-state index in [1.54, 1.807) is 0 Å². The standard InChI is InChI=1S/C19H33FN4O2/c1-10-6-7-15(20)14-9-16(22-17(10)14)18(25)21-13-5-3-4-12(8-13)19-24-23-11(2)26-19/h10-17,19,22-24H,3-9H2,1-2H3,(H,21,25)/t10?,11?,12-,13+,14?,15?,16?,17?,19?/m1/s1. The number of nitrogens with one attached hydrogen (secondary N) is 4. The highest BCUT2D eigenvalue weighted by Crippen LogP contribution is 2.38. The van der Waals surface area contributed by atoms with Crippen LogP contribution in [0.4, 0.5) is 4.39 Å². The molecule has 4 N–H and O–H groups in total. The summed E-state index contributed by atoms with van der Waals surface area (Å²) in [5, 5.41) is 6.67. The predicted octanol–water partition coefficient (Wildman–Crippen LogP) is 1.57. The molecule has 0 aromatic rings. The van der Waals surface area contributed by atoms with Crippen LogP contribution in [0.1, 0.15) is 58.8 Å². The van der Waals surface area contributed by atoms with Crippen molar-refractivity contribution in [1.29, 1.82) is 0 Å². The Bertz CT molecular complexity index is 504. The van der Waals surface area contributed by atoms with Gasteiger partial charge in [0.1, 0.15) is 18.6 Å². The molecular formula is C19H33FN4O2. The van der Waals surface area contributed by atoms with Gasteiger partial charge in [0.05, 0.1) is 6.04 Å². The van der Waals surface area contributed by atoms with Gasteiger partial charge in [-0.1, -0.05) is 13.3 Å². The molecule has 0 aromatic carbocycles. The Balaban J connectivity index is 1.30. The van der Waals surface area contributed by atoms with Crippen molar-refractivity contribution in [1.82, 2.24) is 21.5 Å². The number of carbonyl (C=O) groups excluding carboxylic acids is 1. The number of carbonyl (C=O) groups is 1. The van der Waals surface area contributed by atoms with E-state index in [9.17, 15) is 9.18 Å². The highest BCUT2D eigenvalue weighted by atomic mass is 19.1. The summed E-state index contributed by atoms with van der Waals surface area (Å²) in [6.45, 7) is 4.16. The van der Waals surface area contributed by atoms with E-state index in [0.29, 0.717) is 24.7 Å². The van der Waals surface area contributed by atoms with Crippen LogP contribution in [0, 0.1) is 17.8 Å². The number of hydrazine groups is 1. The van der Waals surface area contributed by atoms with Gasteiger partial charge in [0, 0.05) is 23.9 Å². The Morgan fingerprint density at radius 1 is 1.12 bits per heavy atom. The minimum atomic E-state index is -0.763. The molecule has 0 bridgehead atoms. The first-order valence-corrected chi connectivity index (χ1v) is 10.4. The van der Waals surface area contributed by atoms with Gasteiger partial charge in [-0.3, -0.25) is 4.79 Å². The summed E-state index contributed by atoms with van der Waals surface area (Å²) >= 11 is 0. The molecule has 7 heteroatoms. The number of halogens is 1. The van der Waals surface area contributed by atoms with Crippen molar-refractivity contribution in [2.45, 2.75) is 95.5 Å². The average Bonchev–Trinajstić information content (AvgIpc) is 3.26. The van der Waals surface area contributed by atoms with Crippen LogP contribution in [0.2, 0.25) is 0 Å². The lowest BCUT2D eigenvalue weighted by atomic mass is 9.77. The predicted molar refractivity (Wildman–Crippen MR) is 96.6 cm³/mol. The van der Waals surface area contributed by atoms with E-state index in [-0.39, 0.29) is 42.4 Å². The summed E-state index contributed by atoms with van der Waals surface area (Å²) in [4.78, 5) is 12.8. The van der Waals surface area contributed by atoms with Crippen LogP contribution in [-0.2, 0) is 9.53 Å². The topological polar surface area (TPSA) is 74.4 Å². The van der Waals surface area contributed by atoms with Gasteiger partial charge in [0.25, 0.3) is 0 Å². The lowest BCUT2D eigenvalue weighted by Crippen LogP contribution is -2.50. The lowest BCUT2D eigenvalue weighted by Gasteiger charge is -2.34. The second kappa shape index (κ2) is 7.70. The van der Waals surface area contributed by atoms with Crippen LogP contribution in [0.5, 0.6) is 0 Å². The molecule has 2 saturated heterocycles. The smallest absolute Gasteiger partial charge is 0.237 e. The van der Waals surface area contributed by atoms with Crippen molar-refractivity contribution in [3.8, 4) is 0 Å². The summed E-state index contributed by atoms with van der Waals surface area (Å²) in [5.74, 6) is 0.901. The molecule has 9 atom stereocenters. The van der Waals surface area contributed by atoms with Crippen LogP contribution in [0.15, 0.2) is 0 Å². The molecule has 0 radical (unpaired) electrons. The maximum absolute atomic E-state index is 14.3. The number of ether oxygens (including phenoxy) is 1. The third-order valence-electron chi connectivity index (χ3n) is 6.92. The van der Waals surface area contributed by atoms with E-state index in [1.165, 1.54) is 0 Å². The van der Waals surface area contributed by atoms with Crippen molar-refractivity contribution >= 4 is 5.91 Å². The number of rotatable bonds is 3. The summed E-state index contributed by atoms with van der Waals surface area (Å²) in [6, 6.07) is 0.0922. The fourth-order valence-corrected chi connectivity index (χ4v) is 5.45. The van der Waals surface area contributed by atoms with Crippen LogP contribution in [0.25, 0.3) is 0 Å². The average molecular weight is 368 g/mol. The Morgan fingerprint density at radius 3 is 2.69 bits per heavy atom. The molecule has 2 heterocycles. The first-order chi connectivity index (χ1) is 12.5. The summed E-state index contributed by atoms with van der Waals surface area (Å²) < 4.78 is 20.1. The Kier molecular flexibility index (Phi) is 5.51. The first-order valence-electron chi connectivity index (χ1n) is 10.4. The van der Waals surface area contributed by atoms with E-state index in [4.69, 9.17) is 4.74 Å². The Hall–Kier alpha value is -0.760. The van der Waals surface area contributed by atoms with E-state index in [2.05, 4.69) is 28.4 Å². The van der Waals surface area contributed by atoms with E-state index >= 15 is 0 Å². The van der Waals surface area contributed by atoms with E-state index in [1.807, 2.05) is 6.92 Å². The summed E-state index contributed by atoms with van der Waals surface area (Å²) in [7, 11) is 0. The van der Waals surface area contributed by atoms with Gasteiger partial charge < -0.3 is 15.4 Å². The molecule has 0 spiro atoms. The second-order valence-corrected chi connectivity index (χ2v) is 8.84. The highest BCUT2D eigenvalue weighted by molar-refractivity contribution is 5.82. The zero-order valence-electron chi connectivity index (χ0n) is 15.8. The molecule has 2 aliphatic heterocycles. The fraction of sp³-hybridized carbons (Fsp3) is 0.947. The highest BCUT2D eigenvalue weighted by Gasteiger charge is 2.46. The maximum Gasteiger partial charge on any atom is 0.237 e. The normalized spacial score (nSPS) is 49.0. The number of amides is 1. The molecule has 148 valence electrons. The Morgan fingerprint density at radius 2 is 1.96 bits per heavy atom. The number of alkyl halides is 1. The minimum absolute atomic E-state index is 0.00254. The van der Waals surface area contributed by atoms with Crippen LogP contribution in [0.3, 0.4) is 0 Å². The van der Waals surface area contributed by atoms with Gasteiger partial charge in [-0.25, -0.2) is 15.2 Å². The van der Waals surface area contributed by atoms with Gasteiger partial charge in [-0.15, -0.1) is 0 Å². The minimum Gasteiger partial charge on any atom is -0.352 e. The van der Waals surface area contributed by atoms with Crippen molar-refractivity contribution in [2.75, 3.05) is 0 Å². The molecular weight excluding hydrogens is 335 g/mol. The lowest BCUT2D eigenvalue weighted by molar-refractivity contribution is -0.124. The molecule has 7 unspecified atom stereocenters. The van der Waals surface area contributed by atoms with Gasteiger partial charge in [-0.05, 0) is 51.4 Å². The van der Waals surface area contributed by atoms with Crippen LogP contribution in [-0.4, -0.2) is 42.7 Å². The van der Waals surface area contributed by atoms with Gasteiger partial charge in [0.15, 0.2) is 0 Å². The van der Waals surface area contributed by atoms with Gasteiger partial charge in [0.2, 0.25) is 5.91 Å². The third-order valence-corrected chi connectivity index (χ3v) is 6.92. The monoisotopic (exact) mass is 368 g/mol. The molecule has 1 amide bonds. The van der Waals surface area contributed by atoms with Crippen molar-refractivity contribution in [3.63, 3.8) is 0 Å². The number of hydrogen-bond donors (Lipinski definition) is 4. The van der Waals surface area contributed by atoms with Gasteiger partial charge >= 0.3 is 0 Å².